The number of hydrogen-bond acceptors (Lipinski definition) is 4. The summed E-state index contributed by atoms with van der Waals surface area (Å²) in [4.78, 5) is 5.89. The zero-order valence-corrected chi connectivity index (χ0v) is 13.7. The molecule has 0 aliphatic heterocycles. The van der Waals surface area contributed by atoms with E-state index in [1.54, 1.807) is 6.21 Å². The predicted octanol–water partition coefficient (Wildman–Crippen LogP) is 4.19. The van der Waals surface area contributed by atoms with Gasteiger partial charge in [-0.05, 0) is 48.9 Å². The van der Waals surface area contributed by atoms with Crippen molar-refractivity contribution >= 4 is 22.9 Å². The number of hydrogen-bond donors (Lipinski definition) is 1. The van der Waals surface area contributed by atoms with Crippen LogP contribution in [0.5, 0.6) is 5.75 Å². The molecule has 1 aromatic heterocycles. The molecule has 0 spiro atoms. The van der Waals surface area contributed by atoms with E-state index in [1.165, 1.54) is 4.80 Å². The van der Waals surface area contributed by atoms with Gasteiger partial charge in [0.2, 0.25) is 0 Å². The van der Waals surface area contributed by atoms with E-state index in [9.17, 15) is 5.11 Å². The first-order valence-electron chi connectivity index (χ1n) is 7.96. The van der Waals surface area contributed by atoms with E-state index < -0.39 is 0 Å². The quantitative estimate of drug-likeness (QED) is 0.574. The fourth-order valence-electron chi connectivity index (χ4n) is 2.66. The molecule has 0 aliphatic carbocycles. The molecule has 0 amide bonds. The molecule has 0 radical (unpaired) electrons. The van der Waals surface area contributed by atoms with E-state index in [2.05, 4.69) is 15.2 Å². The molecule has 122 valence electrons. The Morgan fingerprint density at radius 2 is 1.56 bits per heavy atom. The SMILES string of the molecule is Cc1cc(C=Nc2ccccc2)c(O)c(-n2nc3ccccc3n2)c1. The molecule has 0 saturated heterocycles. The highest BCUT2D eigenvalue weighted by atomic mass is 16.3. The van der Waals surface area contributed by atoms with Crippen molar-refractivity contribution in [3.8, 4) is 11.4 Å². The fraction of sp³-hybridized carbons (Fsp3) is 0.0500. The van der Waals surface area contributed by atoms with E-state index in [0.29, 0.717) is 11.3 Å². The standard InChI is InChI=1S/C20H16N4O/c1-14-11-15(13-21-16-7-3-2-4-8-16)20(25)19(12-14)24-22-17-9-5-6-10-18(17)23-24/h2-13,25H,1H3. The van der Waals surface area contributed by atoms with Crippen molar-refractivity contribution in [3.05, 3.63) is 77.9 Å². The molecule has 0 saturated carbocycles. The van der Waals surface area contributed by atoms with Gasteiger partial charge in [-0.25, -0.2) is 0 Å². The van der Waals surface area contributed by atoms with Gasteiger partial charge in [0.25, 0.3) is 0 Å². The molecule has 0 aliphatic rings. The summed E-state index contributed by atoms with van der Waals surface area (Å²) >= 11 is 0. The molecule has 25 heavy (non-hydrogen) atoms. The van der Waals surface area contributed by atoms with E-state index in [0.717, 1.165) is 22.3 Å². The van der Waals surface area contributed by atoms with Gasteiger partial charge in [-0.15, -0.1) is 15.0 Å². The van der Waals surface area contributed by atoms with Crippen molar-refractivity contribution in [2.24, 2.45) is 4.99 Å². The van der Waals surface area contributed by atoms with Crippen LogP contribution in [0, 0.1) is 6.92 Å². The van der Waals surface area contributed by atoms with Crippen LogP contribution in [-0.4, -0.2) is 26.3 Å². The van der Waals surface area contributed by atoms with Gasteiger partial charge >= 0.3 is 0 Å². The second-order valence-electron chi connectivity index (χ2n) is 5.79. The lowest BCUT2D eigenvalue weighted by molar-refractivity contribution is 0.467. The molecule has 4 aromatic rings. The fourth-order valence-corrected chi connectivity index (χ4v) is 2.66. The second kappa shape index (κ2) is 6.20. The van der Waals surface area contributed by atoms with E-state index in [4.69, 9.17) is 0 Å². The molecular formula is C20H16N4O. The molecule has 3 aromatic carbocycles. The van der Waals surface area contributed by atoms with Gasteiger partial charge in [0.05, 0.1) is 5.69 Å². The van der Waals surface area contributed by atoms with Crippen molar-refractivity contribution in [3.63, 3.8) is 0 Å². The van der Waals surface area contributed by atoms with E-state index in [1.807, 2.05) is 73.7 Å². The number of aliphatic imine (C=N–C) groups is 1. The van der Waals surface area contributed by atoms with Crippen molar-refractivity contribution < 1.29 is 5.11 Å². The van der Waals surface area contributed by atoms with Gasteiger partial charge in [-0.3, -0.25) is 4.99 Å². The number of phenols is 1. The van der Waals surface area contributed by atoms with Crippen LogP contribution in [0.4, 0.5) is 5.69 Å². The highest BCUT2D eigenvalue weighted by Gasteiger charge is 2.12. The first-order chi connectivity index (χ1) is 12.2. The summed E-state index contributed by atoms with van der Waals surface area (Å²) in [6, 6.07) is 21.0. The van der Waals surface area contributed by atoms with Crippen LogP contribution >= 0.6 is 0 Å². The Morgan fingerprint density at radius 3 is 2.24 bits per heavy atom. The second-order valence-corrected chi connectivity index (χ2v) is 5.79. The Labute approximate surface area is 144 Å². The highest BCUT2D eigenvalue weighted by Crippen LogP contribution is 2.27. The number of aromatic nitrogens is 3. The molecule has 0 fully saturated rings. The summed E-state index contributed by atoms with van der Waals surface area (Å²) in [6.45, 7) is 1.96. The van der Waals surface area contributed by atoms with Crippen LogP contribution in [-0.2, 0) is 0 Å². The molecule has 5 heteroatoms. The smallest absolute Gasteiger partial charge is 0.151 e. The molecular weight excluding hydrogens is 312 g/mol. The Hall–Kier alpha value is -3.47. The minimum Gasteiger partial charge on any atom is -0.505 e. The van der Waals surface area contributed by atoms with Gasteiger partial charge in [0, 0.05) is 11.8 Å². The van der Waals surface area contributed by atoms with Crippen LogP contribution in [0.2, 0.25) is 0 Å². The van der Waals surface area contributed by atoms with Gasteiger partial charge in [-0.1, -0.05) is 30.3 Å². The van der Waals surface area contributed by atoms with Gasteiger partial charge < -0.3 is 5.11 Å². The molecule has 0 bridgehead atoms. The number of benzene rings is 3. The average Bonchev–Trinajstić information content (AvgIpc) is 3.07. The first kappa shape index (κ1) is 15.1. The highest BCUT2D eigenvalue weighted by molar-refractivity contribution is 5.87. The summed E-state index contributed by atoms with van der Waals surface area (Å²) in [5.41, 5.74) is 4.54. The Bertz CT molecular complexity index is 1030. The van der Waals surface area contributed by atoms with E-state index in [-0.39, 0.29) is 5.75 Å². The largest absolute Gasteiger partial charge is 0.505 e. The van der Waals surface area contributed by atoms with Crippen LogP contribution in [0.15, 0.2) is 71.7 Å². The van der Waals surface area contributed by atoms with Gasteiger partial charge in [-0.2, -0.15) is 0 Å². The third-order valence-corrected chi connectivity index (χ3v) is 3.87. The van der Waals surface area contributed by atoms with Crippen molar-refractivity contribution in [1.29, 1.82) is 0 Å². The van der Waals surface area contributed by atoms with E-state index >= 15 is 0 Å². The monoisotopic (exact) mass is 328 g/mol. The Balaban J connectivity index is 1.79. The number of phenolic OH excluding ortho intramolecular Hbond substituents is 1. The summed E-state index contributed by atoms with van der Waals surface area (Å²) in [6.07, 6.45) is 1.66. The number of para-hydroxylation sites is 1. The number of rotatable bonds is 3. The molecule has 0 unspecified atom stereocenters. The number of nitrogens with zero attached hydrogens (tertiary/aromatic N) is 4. The number of fused-ring (bicyclic) bond motifs is 1. The summed E-state index contributed by atoms with van der Waals surface area (Å²) in [5.74, 6) is 0.102. The maximum absolute atomic E-state index is 10.7. The summed E-state index contributed by atoms with van der Waals surface area (Å²) in [5, 5.41) is 19.6. The first-order valence-corrected chi connectivity index (χ1v) is 7.96. The van der Waals surface area contributed by atoms with Crippen molar-refractivity contribution in [2.75, 3.05) is 0 Å². The summed E-state index contributed by atoms with van der Waals surface area (Å²) < 4.78 is 0. The predicted molar refractivity (Wildman–Crippen MR) is 99.0 cm³/mol. The minimum atomic E-state index is 0.102. The van der Waals surface area contributed by atoms with Crippen LogP contribution in [0.1, 0.15) is 11.1 Å². The topological polar surface area (TPSA) is 63.3 Å². The Morgan fingerprint density at radius 1 is 0.920 bits per heavy atom. The lowest BCUT2D eigenvalue weighted by atomic mass is 10.1. The van der Waals surface area contributed by atoms with Gasteiger partial charge in [0.15, 0.2) is 5.75 Å². The molecule has 0 atom stereocenters. The molecule has 4 rings (SSSR count). The van der Waals surface area contributed by atoms with Crippen LogP contribution in [0.25, 0.3) is 16.7 Å². The maximum atomic E-state index is 10.7. The third kappa shape index (κ3) is 2.99. The Kier molecular flexibility index (Phi) is 3.74. The van der Waals surface area contributed by atoms with Crippen molar-refractivity contribution in [2.45, 2.75) is 6.92 Å². The van der Waals surface area contributed by atoms with Crippen LogP contribution in [0.3, 0.4) is 0 Å². The summed E-state index contributed by atoms with van der Waals surface area (Å²) in [7, 11) is 0. The zero-order valence-electron chi connectivity index (χ0n) is 13.7. The average molecular weight is 328 g/mol. The number of aromatic hydroxyl groups is 1. The normalized spacial score (nSPS) is 11.4. The lowest BCUT2D eigenvalue weighted by Gasteiger charge is -2.08. The molecule has 1 N–H and O–H groups in total. The number of aryl methyl sites for hydroxylation is 1. The lowest BCUT2D eigenvalue weighted by Crippen LogP contribution is -2.01. The third-order valence-electron chi connectivity index (χ3n) is 3.87. The maximum Gasteiger partial charge on any atom is 0.151 e. The zero-order chi connectivity index (χ0) is 17.2. The van der Waals surface area contributed by atoms with Crippen molar-refractivity contribution in [1.82, 2.24) is 15.0 Å². The van der Waals surface area contributed by atoms with Gasteiger partial charge in [0.1, 0.15) is 16.7 Å². The molecule has 1 heterocycles. The molecule has 5 nitrogen and oxygen atoms in total. The van der Waals surface area contributed by atoms with Crippen LogP contribution < -0.4 is 0 Å². The minimum absolute atomic E-state index is 0.102.